The van der Waals surface area contributed by atoms with Crippen LogP contribution in [0.1, 0.15) is 22.8 Å². The lowest BCUT2D eigenvalue weighted by Gasteiger charge is -2.48. The molecule has 41 heavy (non-hydrogen) atoms. The number of amides is 1. The number of β-lactam (4-membered cyclic amide) rings is 1. The van der Waals surface area contributed by atoms with Gasteiger partial charge in [0, 0.05) is 11.3 Å². The lowest BCUT2D eigenvalue weighted by molar-refractivity contribution is -0.153. The second-order valence-electron chi connectivity index (χ2n) is 9.28. The average Bonchev–Trinajstić information content (AvgIpc) is 3.49. The Morgan fingerprint density at radius 1 is 1.10 bits per heavy atom. The average molecular weight is 639 g/mol. The Kier molecular flexibility index (Phi) is 8.39. The van der Waals surface area contributed by atoms with E-state index >= 15 is 0 Å². The molecule has 6 rings (SSSR count). The molecule has 0 aliphatic carbocycles. The molecule has 1 amide bonds. The molecule has 2 aliphatic heterocycles. The molecule has 2 aliphatic rings. The van der Waals surface area contributed by atoms with Crippen molar-refractivity contribution in [3.05, 3.63) is 122 Å². The number of hydrogen-bond acceptors (Lipinski definition) is 9. The first kappa shape index (κ1) is 28.3. The molecule has 2 aromatic heterocycles. The molecule has 0 saturated carbocycles. The van der Waals surface area contributed by atoms with Gasteiger partial charge in [-0.25, -0.2) is 4.79 Å². The lowest BCUT2D eigenvalue weighted by atomic mass is 10.0. The second-order valence-corrected chi connectivity index (χ2v) is 13.8. The van der Waals surface area contributed by atoms with Crippen LogP contribution in [0.15, 0.2) is 104 Å². The van der Waals surface area contributed by atoms with Crippen LogP contribution in [-0.4, -0.2) is 33.9 Å². The molecular weight excluding hydrogens is 616 g/mol. The Bertz CT molecular complexity index is 1700. The minimum absolute atomic E-state index is 0.0489. The third-order valence-electron chi connectivity index (χ3n) is 6.80. The maximum absolute atomic E-state index is 13.9. The molecule has 0 spiro atoms. The molecule has 2 atom stereocenters. The second kappa shape index (κ2) is 12.2. The summed E-state index contributed by atoms with van der Waals surface area (Å²) in [5, 5.41) is 3.41. The number of carbonyl (C=O) groups is 2. The highest BCUT2D eigenvalue weighted by Gasteiger charge is 2.52. The highest BCUT2D eigenvalue weighted by atomic mass is 35.5. The van der Waals surface area contributed by atoms with Gasteiger partial charge in [0.25, 0.3) is 0 Å². The highest BCUT2D eigenvalue weighted by molar-refractivity contribution is 8.04. The van der Waals surface area contributed by atoms with Gasteiger partial charge in [0.05, 0.1) is 19.5 Å². The van der Waals surface area contributed by atoms with Crippen LogP contribution in [0.3, 0.4) is 0 Å². The fourth-order valence-corrected chi connectivity index (χ4v) is 9.62. The zero-order chi connectivity index (χ0) is 28.5. The summed E-state index contributed by atoms with van der Waals surface area (Å²) in [6.45, 7) is 0. The van der Waals surface area contributed by atoms with Gasteiger partial charge in [-0.1, -0.05) is 72.4 Å². The van der Waals surface area contributed by atoms with Gasteiger partial charge in [0.2, 0.25) is 11.3 Å². The summed E-state index contributed by atoms with van der Waals surface area (Å²) in [5.41, 5.74) is 9.09. The molecule has 0 bridgehead atoms. The van der Waals surface area contributed by atoms with E-state index in [1.807, 2.05) is 83.6 Å². The maximum atomic E-state index is 13.9. The van der Waals surface area contributed by atoms with Crippen molar-refractivity contribution in [2.24, 2.45) is 5.73 Å². The number of alkyl halides is 1. The predicted molar refractivity (Wildman–Crippen MR) is 169 cm³/mol. The van der Waals surface area contributed by atoms with Crippen molar-refractivity contribution < 1.29 is 14.3 Å². The number of rotatable bonds is 8. The highest BCUT2D eigenvalue weighted by Crippen LogP contribution is 2.42. The summed E-state index contributed by atoms with van der Waals surface area (Å²) in [4.78, 5) is 41.1. The summed E-state index contributed by atoms with van der Waals surface area (Å²) in [6.07, 6.45) is 1.16. The summed E-state index contributed by atoms with van der Waals surface area (Å²) < 4.78 is 8.57. The fourth-order valence-electron chi connectivity index (χ4n) is 4.73. The SMILES string of the molecule is N[C@@H]1C(=O)N2C(C(=O)OC(c3ccccc3)c3ccccc3)=C(C=CSc3sc4ccsc4c(=O)c3CCl)CS[C@@H]12. The minimum atomic E-state index is -0.664. The van der Waals surface area contributed by atoms with Gasteiger partial charge < -0.3 is 10.5 Å². The van der Waals surface area contributed by atoms with Crippen LogP contribution in [0.25, 0.3) is 9.40 Å². The van der Waals surface area contributed by atoms with Gasteiger partial charge in [0.1, 0.15) is 17.1 Å². The molecule has 4 heterocycles. The van der Waals surface area contributed by atoms with Gasteiger partial charge in [-0.2, -0.15) is 0 Å². The lowest BCUT2D eigenvalue weighted by Crippen LogP contribution is -2.68. The van der Waals surface area contributed by atoms with Gasteiger partial charge in [-0.3, -0.25) is 14.5 Å². The topological polar surface area (TPSA) is 89.7 Å². The van der Waals surface area contributed by atoms with E-state index in [0.717, 1.165) is 20.0 Å². The fraction of sp³-hybridized carbons (Fsp3) is 0.167. The molecule has 1 fully saturated rings. The number of halogens is 1. The Morgan fingerprint density at radius 3 is 2.44 bits per heavy atom. The quantitative estimate of drug-likeness (QED) is 0.102. The molecule has 2 aromatic carbocycles. The Morgan fingerprint density at radius 2 is 1.78 bits per heavy atom. The molecule has 2 N–H and O–H groups in total. The molecule has 6 nitrogen and oxygen atoms in total. The first-order valence-electron chi connectivity index (χ1n) is 12.6. The Hall–Kier alpha value is -2.86. The van der Waals surface area contributed by atoms with Gasteiger partial charge in [-0.15, -0.1) is 46.0 Å². The number of ether oxygens (including phenoxy) is 1. The minimum Gasteiger partial charge on any atom is -0.448 e. The largest absolute Gasteiger partial charge is 0.448 e. The first-order chi connectivity index (χ1) is 20.0. The number of fused-ring (bicyclic) bond motifs is 2. The number of allylic oxidation sites excluding steroid dienone is 1. The van der Waals surface area contributed by atoms with Crippen molar-refractivity contribution in [2.75, 3.05) is 5.75 Å². The smallest absolute Gasteiger partial charge is 0.356 e. The number of carbonyl (C=O) groups excluding carboxylic acids is 2. The number of thiophene rings is 1. The van der Waals surface area contributed by atoms with Crippen LogP contribution < -0.4 is 11.2 Å². The van der Waals surface area contributed by atoms with E-state index in [0.29, 0.717) is 21.6 Å². The number of hydrogen-bond donors (Lipinski definition) is 1. The number of nitrogens with zero attached hydrogens (tertiary/aromatic N) is 1. The normalized spacial score (nSPS) is 18.7. The van der Waals surface area contributed by atoms with E-state index in [9.17, 15) is 14.4 Å². The maximum Gasteiger partial charge on any atom is 0.356 e. The zero-order valence-corrected chi connectivity index (χ0v) is 25.4. The molecule has 4 aromatic rings. The van der Waals surface area contributed by atoms with Crippen LogP contribution in [0.5, 0.6) is 0 Å². The Labute approximate surface area is 257 Å². The van der Waals surface area contributed by atoms with Crippen LogP contribution in [-0.2, 0) is 20.2 Å². The number of benzene rings is 2. The van der Waals surface area contributed by atoms with E-state index in [-0.39, 0.29) is 28.3 Å². The van der Waals surface area contributed by atoms with E-state index in [2.05, 4.69) is 0 Å². The summed E-state index contributed by atoms with van der Waals surface area (Å²) >= 11 is 12.0. The summed E-state index contributed by atoms with van der Waals surface area (Å²) in [6, 6.07) is 20.3. The molecule has 11 heteroatoms. The van der Waals surface area contributed by atoms with Crippen molar-refractivity contribution in [1.82, 2.24) is 4.90 Å². The van der Waals surface area contributed by atoms with Crippen LogP contribution in [0, 0.1) is 0 Å². The monoisotopic (exact) mass is 638 g/mol. The third-order valence-corrected chi connectivity index (χ3v) is 11.7. The van der Waals surface area contributed by atoms with Gasteiger partial charge in [-0.05, 0) is 39.6 Å². The summed E-state index contributed by atoms with van der Waals surface area (Å²) in [5.74, 6) is -0.317. The van der Waals surface area contributed by atoms with Crippen molar-refractivity contribution >= 4 is 79.1 Å². The number of thioether (sulfide) groups is 2. The van der Waals surface area contributed by atoms with Crippen molar-refractivity contribution in [1.29, 1.82) is 0 Å². The molecule has 0 unspecified atom stereocenters. The van der Waals surface area contributed by atoms with E-state index in [1.165, 1.54) is 51.1 Å². The molecule has 208 valence electrons. The number of esters is 1. The molecular formula is C30H23ClN2O4S4. The summed E-state index contributed by atoms with van der Waals surface area (Å²) in [7, 11) is 0. The predicted octanol–water partition coefficient (Wildman–Crippen LogP) is 6.50. The van der Waals surface area contributed by atoms with Crippen LogP contribution in [0.2, 0.25) is 0 Å². The van der Waals surface area contributed by atoms with E-state index < -0.39 is 18.1 Å². The number of nitrogens with two attached hydrogens (primary N) is 1. The van der Waals surface area contributed by atoms with Crippen molar-refractivity contribution in [2.45, 2.75) is 27.6 Å². The van der Waals surface area contributed by atoms with Crippen LogP contribution in [0.4, 0.5) is 0 Å². The first-order valence-corrected chi connectivity index (χ1v) is 16.8. The zero-order valence-electron chi connectivity index (χ0n) is 21.4. The van der Waals surface area contributed by atoms with E-state index in [4.69, 9.17) is 22.1 Å². The van der Waals surface area contributed by atoms with Gasteiger partial charge >= 0.3 is 5.97 Å². The van der Waals surface area contributed by atoms with Crippen molar-refractivity contribution in [3.63, 3.8) is 0 Å². The van der Waals surface area contributed by atoms with Crippen LogP contribution >= 0.6 is 57.8 Å². The van der Waals surface area contributed by atoms with Crippen molar-refractivity contribution in [3.8, 4) is 0 Å². The van der Waals surface area contributed by atoms with E-state index in [1.54, 1.807) is 0 Å². The molecule has 0 radical (unpaired) electrons. The standard InChI is InChI=1S/C30H23ClN2O4S4/c31-15-20-24(34)26-21(12-14-38-26)41-30(20)39-13-11-19-16-40-28-22(32)27(35)33(28)23(19)29(36)37-25(17-7-3-1-4-8-17)18-9-5-2-6-10-18/h1-14,22,25,28H,15-16,32H2/t22-,28+/m1/s1. The Balaban J connectivity index is 1.34. The third kappa shape index (κ3) is 5.40. The molecule has 1 saturated heterocycles. The van der Waals surface area contributed by atoms with Gasteiger partial charge in [0.15, 0.2) is 6.10 Å².